The highest BCUT2D eigenvalue weighted by Gasteiger charge is 2.44. The molecular formula is C16H21NO4. The Balaban J connectivity index is 1.82. The van der Waals surface area contributed by atoms with E-state index < -0.39 is 11.4 Å². The maximum atomic E-state index is 11.8. The van der Waals surface area contributed by atoms with E-state index in [0.29, 0.717) is 18.6 Å². The summed E-state index contributed by atoms with van der Waals surface area (Å²) in [5, 5.41) is 11.9. The van der Waals surface area contributed by atoms with Crippen LogP contribution in [0.4, 0.5) is 0 Å². The van der Waals surface area contributed by atoms with Crippen LogP contribution in [-0.2, 0) is 9.59 Å². The van der Waals surface area contributed by atoms with Gasteiger partial charge in [0.25, 0.3) is 5.91 Å². The summed E-state index contributed by atoms with van der Waals surface area (Å²) in [6.45, 7) is 3.96. The summed E-state index contributed by atoms with van der Waals surface area (Å²) in [7, 11) is 0. The van der Waals surface area contributed by atoms with Crippen LogP contribution in [0, 0.1) is 19.3 Å². The van der Waals surface area contributed by atoms with Crippen molar-refractivity contribution in [1.29, 1.82) is 0 Å². The molecule has 0 bridgehead atoms. The summed E-state index contributed by atoms with van der Waals surface area (Å²) in [4.78, 5) is 23.0. The van der Waals surface area contributed by atoms with E-state index in [2.05, 4.69) is 5.32 Å². The van der Waals surface area contributed by atoms with E-state index in [1.54, 1.807) is 0 Å². The molecule has 0 unspecified atom stereocenters. The fraction of sp³-hybridized carbons (Fsp3) is 0.500. The molecule has 0 aliphatic heterocycles. The van der Waals surface area contributed by atoms with Crippen LogP contribution in [0.5, 0.6) is 5.75 Å². The molecule has 2 rings (SSSR count). The molecule has 5 nitrogen and oxygen atoms in total. The Morgan fingerprint density at radius 2 is 2.05 bits per heavy atom. The topological polar surface area (TPSA) is 75.6 Å². The van der Waals surface area contributed by atoms with Crippen molar-refractivity contribution >= 4 is 11.9 Å². The van der Waals surface area contributed by atoms with E-state index in [9.17, 15) is 14.7 Å². The molecule has 2 N–H and O–H groups in total. The maximum Gasteiger partial charge on any atom is 0.311 e. The Kier molecular flexibility index (Phi) is 4.50. The average molecular weight is 291 g/mol. The second-order valence-corrected chi connectivity index (χ2v) is 5.77. The van der Waals surface area contributed by atoms with Crippen molar-refractivity contribution in [2.75, 3.05) is 13.2 Å². The molecule has 0 saturated heterocycles. The molecule has 1 amide bonds. The predicted octanol–water partition coefficient (Wildman–Crippen LogP) is 2.05. The van der Waals surface area contributed by atoms with Crippen molar-refractivity contribution in [3.8, 4) is 5.75 Å². The number of aliphatic carboxylic acids is 1. The Bertz CT molecular complexity index is 549. The van der Waals surface area contributed by atoms with Gasteiger partial charge >= 0.3 is 5.97 Å². The highest BCUT2D eigenvalue weighted by Crippen LogP contribution is 2.40. The van der Waals surface area contributed by atoms with Gasteiger partial charge < -0.3 is 15.2 Å². The van der Waals surface area contributed by atoms with Crippen LogP contribution in [0.25, 0.3) is 0 Å². The number of carboxylic acids is 1. The van der Waals surface area contributed by atoms with Crippen molar-refractivity contribution in [3.05, 3.63) is 29.3 Å². The summed E-state index contributed by atoms with van der Waals surface area (Å²) < 4.78 is 5.50. The van der Waals surface area contributed by atoms with Gasteiger partial charge in [0.2, 0.25) is 0 Å². The Hall–Kier alpha value is -2.04. The third-order valence-corrected chi connectivity index (χ3v) is 4.09. The largest absolute Gasteiger partial charge is 0.483 e. The molecule has 21 heavy (non-hydrogen) atoms. The first kappa shape index (κ1) is 15.4. The zero-order valence-corrected chi connectivity index (χ0v) is 12.4. The number of hydrogen-bond donors (Lipinski definition) is 2. The molecule has 0 spiro atoms. The molecule has 1 saturated carbocycles. The summed E-state index contributed by atoms with van der Waals surface area (Å²) in [6.07, 6.45) is 2.15. The summed E-state index contributed by atoms with van der Waals surface area (Å²) in [6, 6.07) is 5.80. The lowest BCUT2D eigenvalue weighted by molar-refractivity contribution is -0.154. The van der Waals surface area contributed by atoms with Crippen molar-refractivity contribution in [2.24, 2.45) is 5.41 Å². The number of carbonyl (C=O) groups is 2. The normalized spacial score (nSPS) is 15.9. The Morgan fingerprint density at radius 1 is 1.33 bits per heavy atom. The number of amides is 1. The predicted molar refractivity (Wildman–Crippen MR) is 78.3 cm³/mol. The van der Waals surface area contributed by atoms with Gasteiger partial charge in [-0.2, -0.15) is 0 Å². The van der Waals surface area contributed by atoms with Gasteiger partial charge in [-0.25, -0.2) is 0 Å². The standard InChI is InChI=1S/C16H21NO4/c1-11-4-5-12(2)13(8-11)21-9-14(18)17-10-16(15(19)20)6-3-7-16/h4-5,8H,3,6-7,9-10H2,1-2H3,(H,17,18)(H,19,20). The Labute approximate surface area is 124 Å². The average Bonchev–Trinajstić information content (AvgIpc) is 2.38. The summed E-state index contributed by atoms with van der Waals surface area (Å²) in [5.74, 6) is -0.435. The number of nitrogens with one attached hydrogen (secondary N) is 1. The Morgan fingerprint density at radius 3 is 2.62 bits per heavy atom. The number of ether oxygens (including phenoxy) is 1. The maximum absolute atomic E-state index is 11.8. The fourth-order valence-corrected chi connectivity index (χ4v) is 2.39. The van der Waals surface area contributed by atoms with Crippen molar-refractivity contribution < 1.29 is 19.4 Å². The minimum Gasteiger partial charge on any atom is -0.483 e. The fourth-order valence-electron chi connectivity index (χ4n) is 2.39. The molecule has 0 atom stereocenters. The molecule has 1 fully saturated rings. The van der Waals surface area contributed by atoms with Crippen LogP contribution in [0.15, 0.2) is 18.2 Å². The van der Waals surface area contributed by atoms with E-state index in [1.165, 1.54) is 0 Å². The molecule has 1 aliphatic carbocycles. The van der Waals surface area contributed by atoms with Crippen LogP contribution in [0.1, 0.15) is 30.4 Å². The molecular weight excluding hydrogens is 270 g/mol. The van der Waals surface area contributed by atoms with E-state index in [1.807, 2.05) is 32.0 Å². The first-order chi connectivity index (χ1) is 9.93. The second-order valence-electron chi connectivity index (χ2n) is 5.77. The van der Waals surface area contributed by atoms with Crippen LogP contribution in [0.3, 0.4) is 0 Å². The number of benzene rings is 1. The van der Waals surface area contributed by atoms with E-state index in [0.717, 1.165) is 17.5 Å². The minimum absolute atomic E-state index is 0.0972. The molecule has 1 aliphatic rings. The quantitative estimate of drug-likeness (QED) is 0.841. The molecule has 1 aromatic rings. The first-order valence-corrected chi connectivity index (χ1v) is 7.13. The summed E-state index contributed by atoms with van der Waals surface area (Å²) in [5.41, 5.74) is 1.26. The third-order valence-electron chi connectivity index (χ3n) is 4.09. The van der Waals surface area contributed by atoms with Gasteiger partial charge in [-0.1, -0.05) is 18.6 Å². The molecule has 5 heteroatoms. The molecule has 1 aromatic carbocycles. The van der Waals surface area contributed by atoms with Gasteiger partial charge in [0.15, 0.2) is 6.61 Å². The zero-order chi connectivity index (χ0) is 15.5. The number of carboxylic acid groups (broad SMARTS) is 1. The van der Waals surface area contributed by atoms with Crippen LogP contribution in [0.2, 0.25) is 0 Å². The van der Waals surface area contributed by atoms with Crippen molar-refractivity contribution in [2.45, 2.75) is 33.1 Å². The lowest BCUT2D eigenvalue weighted by Gasteiger charge is -2.37. The molecule has 0 aromatic heterocycles. The lowest BCUT2D eigenvalue weighted by Crippen LogP contribution is -2.48. The third kappa shape index (κ3) is 3.54. The number of hydrogen-bond acceptors (Lipinski definition) is 3. The van der Waals surface area contributed by atoms with E-state index in [-0.39, 0.29) is 19.1 Å². The van der Waals surface area contributed by atoms with Gasteiger partial charge in [0.05, 0.1) is 5.41 Å². The van der Waals surface area contributed by atoms with Gasteiger partial charge in [0.1, 0.15) is 5.75 Å². The summed E-state index contributed by atoms with van der Waals surface area (Å²) >= 11 is 0. The number of rotatable bonds is 6. The highest BCUT2D eigenvalue weighted by atomic mass is 16.5. The monoisotopic (exact) mass is 291 g/mol. The van der Waals surface area contributed by atoms with Crippen molar-refractivity contribution in [3.63, 3.8) is 0 Å². The number of carbonyl (C=O) groups excluding carboxylic acids is 1. The van der Waals surface area contributed by atoms with Gasteiger partial charge in [-0.3, -0.25) is 9.59 Å². The molecule has 0 heterocycles. The molecule has 0 radical (unpaired) electrons. The minimum atomic E-state index is -0.829. The van der Waals surface area contributed by atoms with Gasteiger partial charge in [-0.15, -0.1) is 0 Å². The van der Waals surface area contributed by atoms with Gasteiger partial charge in [0, 0.05) is 6.54 Å². The van der Waals surface area contributed by atoms with Crippen molar-refractivity contribution in [1.82, 2.24) is 5.32 Å². The van der Waals surface area contributed by atoms with E-state index >= 15 is 0 Å². The molecule has 114 valence electrons. The SMILES string of the molecule is Cc1ccc(C)c(OCC(=O)NCC2(C(=O)O)CCC2)c1. The zero-order valence-electron chi connectivity index (χ0n) is 12.4. The highest BCUT2D eigenvalue weighted by molar-refractivity contribution is 5.80. The van der Waals surface area contributed by atoms with Crippen LogP contribution in [-0.4, -0.2) is 30.1 Å². The number of aryl methyl sites for hydroxylation is 2. The second kappa shape index (κ2) is 6.16. The van der Waals surface area contributed by atoms with Gasteiger partial charge in [-0.05, 0) is 43.9 Å². The van der Waals surface area contributed by atoms with E-state index in [4.69, 9.17) is 4.74 Å². The lowest BCUT2D eigenvalue weighted by atomic mass is 9.69. The first-order valence-electron chi connectivity index (χ1n) is 7.13. The van der Waals surface area contributed by atoms with Crippen LogP contribution >= 0.6 is 0 Å². The smallest absolute Gasteiger partial charge is 0.311 e. The van der Waals surface area contributed by atoms with Crippen LogP contribution < -0.4 is 10.1 Å².